The van der Waals surface area contributed by atoms with Crippen molar-refractivity contribution in [1.82, 2.24) is 4.90 Å². The van der Waals surface area contributed by atoms with Crippen LogP contribution in [0.25, 0.3) is 0 Å². The molecule has 3 aromatic carbocycles. The van der Waals surface area contributed by atoms with Gasteiger partial charge >= 0.3 is 0 Å². The van der Waals surface area contributed by atoms with Crippen molar-refractivity contribution in [3.8, 4) is 0 Å². The van der Waals surface area contributed by atoms with Gasteiger partial charge in [-0.25, -0.2) is 0 Å². The molecule has 0 saturated carbocycles. The molecule has 0 spiro atoms. The van der Waals surface area contributed by atoms with Crippen LogP contribution in [0.2, 0.25) is 13.1 Å². The molecule has 0 radical (unpaired) electrons. The van der Waals surface area contributed by atoms with Crippen molar-refractivity contribution in [1.29, 1.82) is 0 Å². The highest BCUT2D eigenvalue weighted by Gasteiger charge is 2.37. The first-order valence-electron chi connectivity index (χ1n) is 10.9. The van der Waals surface area contributed by atoms with Crippen LogP contribution in [0.15, 0.2) is 91.0 Å². The number of likely N-dealkylation sites (N-methyl/N-ethyl adjacent to an activating group) is 1. The van der Waals surface area contributed by atoms with E-state index in [2.05, 4.69) is 49.5 Å². The molecule has 3 nitrogen and oxygen atoms in total. The van der Waals surface area contributed by atoms with Gasteiger partial charge in [0.1, 0.15) is 0 Å². The van der Waals surface area contributed by atoms with Crippen molar-refractivity contribution in [3.63, 3.8) is 0 Å². The molecule has 0 unspecified atom stereocenters. The summed E-state index contributed by atoms with van der Waals surface area (Å²) in [6.45, 7) is 6.60. The Labute approximate surface area is 187 Å². The second kappa shape index (κ2) is 10.1. The number of nitrogens with zero attached hydrogens (tertiary/aromatic N) is 1. The zero-order valence-electron chi connectivity index (χ0n) is 18.9. The van der Waals surface area contributed by atoms with Crippen LogP contribution in [-0.4, -0.2) is 37.1 Å². The molecule has 0 aliphatic rings. The summed E-state index contributed by atoms with van der Waals surface area (Å²) in [5.74, 6) is 0.0628. The van der Waals surface area contributed by atoms with Crippen LogP contribution in [0.4, 0.5) is 0 Å². The number of amides is 1. The highest BCUT2D eigenvalue weighted by molar-refractivity contribution is 6.91. The summed E-state index contributed by atoms with van der Waals surface area (Å²) in [6, 6.07) is 30.2. The highest BCUT2D eigenvalue weighted by atomic mass is 28.3. The van der Waals surface area contributed by atoms with E-state index in [4.69, 9.17) is 0 Å². The number of benzene rings is 3. The molecule has 31 heavy (non-hydrogen) atoms. The van der Waals surface area contributed by atoms with E-state index in [9.17, 15) is 9.90 Å². The number of carbonyl (C=O) groups is 1. The number of rotatable bonds is 8. The highest BCUT2D eigenvalue weighted by Crippen LogP contribution is 2.32. The van der Waals surface area contributed by atoms with Crippen LogP contribution in [0.5, 0.6) is 0 Å². The minimum atomic E-state index is -1.99. The third kappa shape index (κ3) is 5.33. The normalized spacial score (nSPS) is 14.5. The molecule has 0 heterocycles. The minimum Gasteiger partial charge on any atom is -0.386 e. The summed E-state index contributed by atoms with van der Waals surface area (Å²) in [5, 5.41) is 12.2. The van der Waals surface area contributed by atoms with Gasteiger partial charge in [-0.1, -0.05) is 109 Å². The van der Waals surface area contributed by atoms with Crippen LogP contribution in [-0.2, 0) is 4.79 Å². The van der Waals surface area contributed by atoms with E-state index in [0.717, 1.165) is 5.56 Å². The molecular formula is C27H33NO2Si. The number of carbonyl (C=O) groups excluding carboxylic acids is 1. The predicted octanol–water partition coefficient (Wildman–Crippen LogP) is 4.90. The molecule has 1 N–H and O–H groups in total. The molecule has 0 saturated heterocycles. The summed E-state index contributed by atoms with van der Waals surface area (Å²) in [4.78, 5) is 15.1. The first kappa shape index (κ1) is 23.0. The summed E-state index contributed by atoms with van der Waals surface area (Å²) < 4.78 is 0. The van der Waals surface area contributed by atoms with Crippen molar-refractivity contribution in [2.75, 3.05) is 7.05 Å². The van der Waals surface area contributed by atoms with Gasteiger partial charge in [0.25, 0.3) is 0 Å². The summed E-state index contributed by atoms with van der Waals surface area (Å²) in [6.07, 6.45) is -0.287. The maximum atomic E-state index is 13.4. The smallest absolute Gasteiger partial charge is 0.222 e. The Hall–Kier alpha value is -2.69. The molecule has 3 aromatic rings. The van der Waals surface area contributed by atoms with Gasteiger partial charge in [0.15, 0.2) is 0 Å². The van der Waals surface area contributed by atoms with Crippen molar-refractivity contribution < 1.29 is 9.90 Å². The fourth-order valence-electron chi connectivity index (χ4n) is 4.23. The number of hydrogen-bond acceptors (Lipinski definition) is 2. The lowest BCUT2D eigenvalue weighted by Gasteiger charge is -2.36. The van der Waals surface area contributed by atoms with Gasteiger partial charge in [-0.05, 0) is 23.6 Å². The molecule has 0 fully saturated rings. The second-order valence-electron chi connectivity index (χ2n) is 8.86. The molecule has 0 aliphatic heterocycles. The lowest BCUT2D eigenvalue weighted by atomic mass is 10.0. The van der Waals surface area contributed by atoms with Gasteiger partial charge in [-0.15, -0.1) is 0 Å². The molecule has 1 amide bonds. The number of aliphatic hydroxyl groups is 1. The van der Waals surface area contributed by atoms with E-state index in [1.807, 2.05) is 61.5 Å². The van der Waals surface area contributed by atoms with E-state index in [0.29, 0.717) is 6.42 Å². The Kier molecular flexibility index (Phi) is 7.47. The van der Waals surface area contributed by atoms with Crippen LogP contribution in [0.1, 0.15) is 36.1 Å². The zero-order chi connectivity index (χ0) is 22.4. The number of aliphatic hydroxyl groups excluding tert-OH is 1. The number of hydrogen-bond donors (Lipinski definition) is 1. The predicted molar refractivity (Wildman–Crippen MR) is 131 cm³/mol. The van der Waals surface area contributed by atoms with Crippen molar-refractivity contribution in [2.24, 2.45) is 0 Å². The van der Waals surface area contributed by atoms with Gasteiger partial charge in [0.2, 0.25) is 5.91 Å². The zero-order valence-corrected chi connectivity index (χ0v) is 19.9. The molecule has 0 aromatic heterocycles. The fraction of sp³-hybridized carbons (Fsp3) is 0.296. The Morgan fingerprint density at radius 2 is 1.29 bits per heavy atom. The maximum Gasteiger partial charge on any atom is 0.222 e. The third-order valence-electron chi connectivity index (χ3n) is 6.57. The van der Waals surface area contributed by atoms with Gasteiger partial charge in [-0.2, -0.15) is 0 Å². The van der Waals surface area contributed by atoms with Crippen LogP contribution in [0, 0.1) is 0 Å². The van der Waals surface area contributed by atoms with Crippen LogP contribution >= 0.6 is 0 Å². The largest absolute Gasteiger partial charge is 0.386 e. The molecule has 0 bridgehead atoms. The first-order chi connectivity index (χ1) is 14.8. The Morgan fingerprint density at radius 1 is 0.839 bits per heavy atom. The second-order valence-corrected chi connectivity index (χ2v) is 13.6. The van der Waals surface area contributed by atoms with Crippen molar-refractivity contribution >= 4 is 19.2 Å². The standard InChI is InChI=1S/C27H33NO2Si/c1-21(27(30)23-16-10-6-11-17-23)28(2)26(29)20-25(22-14-8-5-9-15-22)31(3,4)24-18-12-7-13-19-24/h5-19,21,25,27,30H,20H2,1-4H3/t21-,25+,27-/m0/s1. The van der Waals surface area contributed by atoms with Crippen LogP contribution < -0.4 is 5.19 Å². The Morgan fingerprint density at radius 3 is 1.81 bits per heavy atom. The average molecular weight is 432 g/mol. The topological polar surface area (TPSA) is 40.5 Å². The van der Waals surface area contributed by atoms with Gasteiger partial charge in [0.05, 0.1) is 20.2 Å². The molecule has 162 valence electrons. The maximum absolute atomic E-state index is 13.4. The first-order valence-corrected chi connectivity index (χ1v) is 14.0. The lowest BCUT2D eigenvalue weighted by molar-refractivity contribution is -0.134. The van der Waals surface area contributed by atoms with Crippen molar-refractivity contribution in [3.05, 3.63) is 102 Å². The van der Waals surface area contributed by atoms with E-state index in [1.165, 1.54) is 10.8 Å². The molecule has 3 rings (SSSR count). The van der Waals surface area contributed by atoms with E-state index in [1.54, 1.807) is 11.9 Å². The summed E-state index contributed by atoms with van der Waals surface area (Å²) in [7, 11) is -0.190. The molecule has 3 atom stereocenters. The Bertz CT molecular complexity index is 960. The van der Waals surface area contributed by atoms with Crippen molar-refractivity contribution in [2.45, 2.75) is 44.1 Å². The van der Waals surface area contributed by atoms with Gasteiger partial charge in [-0.3, -0.25) is 4.79 Å². The SMILES string of the molecule is C[C@@H]([C@H](O)c1ccccc1)N(C)C(=O)C[C@H](c1ccccc1)[Si](C)(C)c1ccccc1. The van der Waals surface area contributed by atoms with E-state index in [-0.39, 0.29) is 17.5 Å². The summed E-state index contributed by atoms with van der Waals surface area (Å²) in [5.41, 5.74) is 2.18. The van der Waals surface area contributed by atoms with E-state index < -0.39 is 14.2 Å². The molecular weight excluding hydrogens is 398 g/mol. The quantitative estimate of drug-likeness (QED) is 0.516. The average Bonchev–Trinajstić information content (AvgIpc) is 2.82. The van der Waals surface area contributed by atoms with E-state index >= 15 is 0 Å². The monoisotopic (exact) mass is 431 g/mol. The molecule has 0 aliphatic carbocycles. The third-order valence-corrected chi connectivity index (χ3v) is 10.7. The minimum absolute atomic E-state index is 0.0628. The lowest BCUT2D eigenvalue weighted by Crippen LogP contribution is -2.50. The Balaban J connectivity index is 1.85. The van der Waals surface area contributed by atoms with Gasteiger partial charge < -0.3 is 10.0 Å². The molecule has 4 heteroatoms. The van der Waals surface area contributed by atoms with Crippen LogP contribution in [0.3, 0.4) is 0 Å². The summed E-state index contributed by atoms with van der Waals surface area (Å²) >= 11 is 0. The fourth-order valence-corrected chi connectivity index (χ4v) is 7.39. The van der Waals surface area contributed by atoms with Gasteiger partial charge in [0, 0.05) is 13.5 Å².